The summed E-state index contributed by atoms with van der Waals surface area (Å²) in [5.74, 6) is -0.200. The van der Waals surface area contributed by atoms with Crippen molar-refractivity contribution in [1.82, 2.24) is 5.32 Å². The number of aliphatic hydroxyl groups excluding tert-OH is 1. The summed E-state index contributed by atoms with van der Waals surface area (Å²) in [5, 5.41) is 12.2. The quantitative estimate of drug-likeness (QED) is 0.502. The summed E-state index contributed by atoms with van der Waals surface area (Å²) >= 11 is -1.50. The lowest BCUT2D eigenvalue weighted by Crippen LogP contribution is -2.20. The van der Waals surface area contributed by atoms with E-state index in [0.29, 0.717) is 29.1 Å². The molecule has 1 aliphatic heterocycles. The summed E-state index contributed by atoms with van der Waals surface area (Å²) in [5.41, 5.74) is 1.90. The zero-order valence-corrected chi connectivity index (χ0v) is 13.3. The molecular formula is C18H17NO3S. The monoisotopic (exact) mass is 327 g/mol. The van der Waals surface area contributed by atoms with Crippen LogP contribution in [-0.4, -0.2) is 28.6 Å². The van der Waals surface area contributed by atoms with Gasteiger partial charge >= 0.3 is 0 Å². The van der Waals surface area contributed by atoms with Crippen molar-refractivity contribution in [2.75, 3.05) is 13.2 Å². The molecule has 5 heteroatoms. The Bertz CT molecular complexity index is 743. The van der Waals surface area contributed by atoms with Crippen molar-refractivity contribution in [3.05, 3.63) is 70.6 Å². The van der Waals surface area contributed by atoms with Gasteiger partial charge in [-0.15, -0.1) is 0 Å². The van der Waals surface area contributed by atoms with Crippen molar-refractivity contribution in [2.45, 2.75) is 11.3 Å². The lowest BCUT2D eigenvalue weighted by atomic mass is 10.1. The smallest absolute Gasteiger partial charge is 0.248 e. The van der Waals surface area contributed by atoms with E-state index in [1.54, 1.807) is 24.3 Å². The van der Waals surface area contributed by atoms with Gasteiger partial charge in [0.05, 0.1) is 5.56 Å². The SMILES string of the molecule is O=C1/C(=C(\NCCCO)c2ccccc2)[S+]([O-])c2ccccc21. The van der Waals surface area contributed by atoms with E-state index in [-0.39, 0.29) is 17.3 Å². The molecule has 3 rings (SSSR count). The Hall–Kier alpha value is -2.08. The molecule has 0 fully saturated rings. The summed E-state index contributed by atoms with van der Waals surface area (Å²) in [6.07, 6.45) is 0.553. The molecule has 0 spiro atoms. The van der Waals surface area contributed by atoms with Crippen LogP contribution >= 0.6 is 0 Å². The molecule has 2 N–H and O–H groups in total. The highest BCUT2D eigenvalue weighted by Gasteiger charge is 2.41. The van der Waals surface area contributed by atoms with Crippen LogP contribution in [0.15, 0.2) is 64.4 Å². The average molecular weight is 327 g/mol. The first-order valence-corrected chi connectivity index (χ1v) is 8.59. The Balaban J connectivity index is 2.08. The third-order valence-electron chi connectivity index (χ3n) is 3.65. The number of rotatable bonds is 5. The van der Waals surface area contributed by atoms with Crippen LogP contribution < -0.4 is 5.32 Å². The molecule has 0 aliphatic carbocycles. The minimum atomic E-state index is -1.50. The topological polar surface area (TPSA) is 72.4 Å². The fourth-order valence-electron chi connectivity index (χ4n) is 2.55. The molecule has 4 nitrogen and oxygen atoms in total. The second kappa shape index (κ2) is 7.00. The number of benzene rings is 2. The van der Waals surface area contributed by atoms with E-state index in [4.69, 9.17) is 5.11 Å². The van der Waals surface area contributed by atoms with Crippen molar-refractivity contribution in [3.63, 3.8) is 0 Å². The van der Waals surface area contributed by atoms with Gasteiger partial charge in [0.15, 0.2) is 4.90 Å². The predicted octanol–water partition coefficient (Wildman–Crippen LogP) is 2.33. The highest BCUT2D eigenvalue weighted by atomic mass is 32.2. The molecule has 1 aliphatic rings. The minimum absolute atomic E-state index is 0.0572. The van der Waals surface area contributed by atoms with Crippen molar-refractivity contribution in [1.29, 1.82) is 0 Å². The molecule has 0 radical (unpaired) electrons. The largest absolute Gasteiger partial charge is 0.606 e. The molecule has 1 heterocycles. The van der Waals surface area contributed by atoms with Crippen LogP contribution in [0.2, 0.25) is 0 Å². The maximum absolute atomic E-state index is 12.8. The molecule has 0 amide bonds. The molecule has 2 aromatic rings. The van der Waals surface area contributed by atoms with Gasteiger partial charge in [0, 0.05) is 29.9 Å². The molecular weight excluding hydrogens is 310 g/mol. The Labute approximate surface area is 138 Å². The fraction of sp³-hybridized carbons (Fsp3) is 0.167. The van der Waals surface area contributed by atoms with E-state index in [9.17, 15) is 9.35 Å². The van der Waals surface area contributed by atoms with E-state index in [0.717, 1.165) is 5.56 Å². The van der Waals surface area contributed by atoms with Gasteiger partial charge < -0.3 is 15.0 Å². The Morgan fingerprint density at radius 3 is 2.48 bits per heavy atom. The van der Waals surface area contributed by atoms with E-state index in [1.165, 1.54) is 0 Å². The summed E-state index contributed by atoms with van der Waals surface area (Å²) in [7, 11) is 0. The van der Waals surface area contributed by atoms with Gasteiger partial charge in [-0.3, -0.25) is 4.79 Å². The Morgan fingerprint density at radius 2 is 1.78 bits per heavy atom. The normalized spacial score (nSPS) is 18.7. The number of aliphatic hydroxyl groups is 1. The van der Waals surface area contributed by atoms with Gasteiger partial charge in [0.25, 0.3) is 0 Å². The zero-order chi connectivity index (χ0) is 16.2. The highest BCUT2D eigenvalue weighted by molar-refractivity contribution is 7.97. The number of carbonyl (C=O) groups excluding carboxylic acids is 1. The van der Waals surface area contributed by atoms with Gasteiger partial charge in [-0.2, -0.15) is 0 Å². The van der Waals surface area contributed by atoms with Crippen molar-refractivity contribution in [2.24, 2.45) is 0 Å². The maximum atomic E-state index is 12.8. The number of hydrogen-bond acceptors (Lipinski definition) is 4. The van der Waals surface area contributed by atoms with E-state index in [2.05, 4.69) is 5.32 Å². The summed E-state index contributed by atoms with van der Waals surface area (Å²) in [6.45, 7) is 0.562. The first kappa shape index (κ1) is 15.8. The first-order chi connectivity index (χ1) is 11.2. The summed E-state index contributed by atoms with van der Waals surface area (Å²) in [4.78, 5) is 13.6. The number of nitrogens with one attached hydrogen (secondary N) is 1. The Kier molecular flexibility index (Phi) is 4.81. The third kappa shape index (κ3) is 3.03. The average Bonchev–Trinajstić information content (AvgIpc) is 2.85. The van der Waals surface area contributed by atoms with Gasteiger partial charge in [0.2, 0.25) is 10.7 Å². The molecule has 1 unspecified atom stereocenters. The maximum Gasteiger partial charge on any atom is 0.248 e. The Morgan fingerprint density at radius 1 is 1.09 bits per heavy atom. The van der Waals surface area contributed by atoms with Crippen LogP contribution in [0.5, 0.6) is 0 Å². The number of Topliss-reactive ketones (excluding diaryl/α,β-unsaturated/α-hetero) is 1. The number of hydrogen-bond donors (Lipinski definition) is 2. The van der Waals surface area contributed by atoms with Crippen LogP contribution in [0.25, 0.3) is 5.70 Å². The molecule has 0 saturated heterocycles. The lowest BCUT2D eigenvalue weighted by molar-refractivity contribution is 0.104. The van der Waals surface area contributed by atoms with Crippen LogP contribution in [0, 0.1) is 0 Å². The number of allylic oxidation sites excluding steroid dienone is 1. The molecule has 0 saturated carbocycles. The van der Waals surface area contributed by atoms with Crippen molar-refractivity contribution >= 4 is 22.7 Å². The van der Waals surface area contributed by atoms with Gasteiger partial charge in [-0.05, 0) is 18.6 Å². The number of carbonyl (C=O) groups is 1. The number of ketones is 1. The second-order valence-electron chi connectivity index (χ2n) is 5.17. The van der Waals surface area contributed by atoms with E-state index >= 15 is 0 Å². The van der Waals surface area contributed by atoms with Crippen LogP contribution in [0.4, 0.5) is 0 Å². The van der Waals surface area contributed by atoms with Crippen LogP contribution in [0.1, 0.15) is 22.3 Å². The molecule has 0 aromatic heterocycles. The molecule has 0 bridgehead atoms. The van der Waals surface area contributed by atoms with E-state index < -0.39 is 11.2 Å². The predicted molar refractivity (Wildman–Crippen MR) is 90.2 cm³/mol. The summed E-state index contributed by atoms with van der Waals surface area (Å²) < 4.78 is 12.8. The van der Waals surface area contributed by atoms with Crippen LogP contribution in [-0.2, 0) is 11.2 Å². The molecule has 2 aromatic carbocycles. The van der Waals surface area contributed by atoms with Crippen molar-refractivity contribution < 1.29 is 14.5 Å². The first-order valence-electron chi connectivity index (χ1n) is 7.44. The van der Waals surface area contributed by atoms with Crippen LogP contribution in [0.3, 0.4) is 0 Å². The van der Waals surface area contributed by atoms with Gasteiger partial charge in [0.1, 0.15) is 5.70 Å². The number of fused-ring (bicyclic) bond motifs is 1. The highest BCUT2D eigenvalue weighted by Crippen LogP contribution is 2.37. The van der Waals surface area contributed by atoms with E-state index in [1.807, 2.05) is 30.3 Å². The summed E-state index contributed by atoms with van der Waals surface area (Å²) in [6, 6.07) is 16.4. The van der Waals surface area contributed by atoms with Gasteiger partial charge in [-0.1, -0.05) is 42.5 Å². The standard InChI is InChI=1S/C18H17NO3S/c20-12-6-11-19-16(13-7-2-1-3-8-13)18-17(21)14-9-4-5-10-15(14)23(18)22/h1-5,7-10,19-20H,6,11-12H2/b18-16+. The van der Waals surface area contributed by atoms with Crippen molar-refractivity contribution in [3.8, 4) is 0 Å². The second-order valence-corrected chi connectivity index (χ2v) is 6.55. The fourth-order valence-corrected chi connectivity index (χ4v) is 3.99. The zero-order valence-electron chi connectivity index (χ0n) is 12.5. The molecule has 1 atom stereocenters. The third-order valence-corrected chi connectivity index (χ3v) is 5.17. The van der Waals surface area contributed by atoms with Gasteiger partial charge in [-0.25, -0.2) is 0 Å². The minimum Gasteiger partial charge on any atom is -0.606 e. The molecule has 23 heavy (non-hydrogen) atoms. The molecule has 118 valence electrons. The lowest BCUT2D eigenvalue weighted by Gasteiger charge is -2.14.